The van der Waals surface area contributed by atoms with Gasteiger partial charge >= 0.3 is 0 Å². The van der Waals surface area contributed by atoms with Gasteiger partial charge in [0.05, 0.1) is 32.0 Å². The minimum absolute atomic E-state index is 0.244. The minimum Gasteiger partial charge on any atom is -0.394 e. The molecule has 12 unspecified atom stereocenters. The molecule has 9 N–H and O–H groups in total. The molecule has 522 valence electrons. The maximum atomic E-state index is 13.4. The number of ether oxygens (including phenoxy) is 4. The van der Waals surface area contributed by atoms with Gasteiger partial charge in [0.2, 0.25) is 5.91 Å². The van der Waals surface area contributed by atoms with Crippen molar-refractivity contribution < 1.29 is 64.6 Å². The lowest BCUT2D eigenvalue weighted by Crippen LogP contribution is -2.65. The fourth-order valence-electron chi connectivity index (χ4n) is 12.3. The van der Waals surface area contributed by atoms with E-state index < -0.39 is 86.8 Å². The van der Waals surface area contributed by atoms with E-state index in [2.05, 4.69) is 55.6 Å². The second-order valence-electron chi connectivity index (χ2n) is 26.4. The van der Waals surface area contributed by atoms with Crippen molar-refractivity contribution in [3.63, 3.8) is 0 Å². The molecule has 12 atom stereocenters. The highest BCUT2D eigenvalue weighted by Crippen LogP contribution is 2.30. The quantitative estimate of drug-likeness (QED) is 0.0204. The van der Waals surface area contributed by atoms with E-state index in [0.717, 1.165) is 38.5 Å². The van der Waals surface area contributed by atoms with Gasteiger partial charge in [-0.25, -0.2) is 0 Å². The predicted molar refractivity (Wildman–Crippen MR) is 364 cm³/mol. The Bertz CT molecular complexity index is 1680. The van der Waals surface area contributed by atoms with E-state index in [0.29, 0.717) is 12.8 Å². The Labute approximate surface area is 543 Å². The highest BCUT2D eigenvalue weighted by molar-refractivity contribution is 5.76. The van der Waals surface area contributed by atoms with Crippen molar-refractivity contribution in [1.29, 1.82) is 0 Å². The van der Waals surface area contributed by atoms with Gasteiger partial charge < -0.3 is 65.1 Å². The van der Waals surface area contributed by atoms with Gasteiger partial charge in [-0.2, -0.15) is 0 Å². The number of nitrogens with one attached hydrogen (secondary N) is 1. The molecular weight excluding hydrogens is 1120 g/mol. The Hall–Kier alpha value is -2.05. The van der Waals surface area contributed by atoms with E-state index in [4.69, 9.17) is 18.9 Å². The van der Waals surface area contributed by atoms with E-state index in [1.165, 1.54) is 257 Å². The molecule has 2 aliphatic heterocycles. The standard InChI is InChI=1S/C75H139NO13/c1-3-5-7-9-11-13-15-17-19-21-23-25-27-29-31-32-33-35-37-39-41-43-45-47-49-51-53-55-57-59-67(80)76-63(62-86-74-72(85)70(83)73(66(61-78)88-74)89-75-71(84)69(82)68(81)65(60-77)87-75)64(79)58-56-54-52-50-48-46-44-42-40-38-36-34-30-28-26-24-22-20-18-16-14-12-10-8-6-4-2/h15,17,21,23,48,50,56,58,63-66,68-75,77-79,81-85H,3-14,16,18-20,22,24-47,49,51-55,57,59-62H2,1-2H3,(H,76,80)/b17-15-,23-21-,50-48+,58-56+. The summed E-state index contributed by atoms with van der Waals surface area (Å²) in [5.41, 5.74) is 0. The zero-order valence-electron chi connectivity index (χ0n) is 56.9. The summed E-state index contributed by atoms with van der Waals surface area (Å²) in [6.45, 7) is 2.82. The summed E-state index contributed by atoms with van der Waals surface area (Å²) in [5, 5.41) is 87.5. The number of hydrogen-bond acceptors (Lipinski definition) is 13. The summed E-state index contributed by atoms with van der Waals surface area (Å²) in [5.74, 6) is -0.244. The first kappa shape index (κ1) is 83.0. The molecule has 2 aliphatic rings. The maximum Gasteiger partial charge on any atom is 0.220 e. The van der Waals surface area contributed by atoms with Crippen molar-refractivity contribution >= 4 is 5.91 Å². The molecule has 0 aromatic rings. The van der Waals surface area contributed by atoms with E-state index in [1.807, 2.05) is 6.08 Å². The number of rotatable bonds is 62. The third-order valence-electron chi connectivity index (χ3n) is 18.2. The number of hydrogen-bond donors (Lipinski definition) is 9. The van der Waals surface area contributed by atoms with Gasteiger partial charge in [-0.15, -0.1) is 0 Å². The maximum absolute atomic E-state index is 13.4. The Morgan fingerprint density at radius 3 is 1.17 bits per heavy atom. The summed E-state index contributed by atoms with van der Waals surface area (Å²) in [7, 11) is 0. The van der Waals surface area contributed by atoms with Crippen molar-refractivity contribution in [1.82, 2.24) is 5.32 Å². The molecular formula is C75H139NO13. The molecule has 14 nitrogen and oxygen atoms in total. The van der Waals surface area contributed by atoms with Gasteiger partial charge in [0.25, 0.3) is 0 Å². The molecule has 2 rings (SSSR count). The molecule has 14 heteroatoms. The van der Waals surface area contributed by atoms with Crippen LogP contribution in [0.25, 0.3) is 0 Å². The topological polar surface area (TPSA) is 228 Å². The third kappa shape index (κ3) is 43.5. The van der Waals surface area contributed by atoms with Gasteiger partial charge in [0.15, 0.2) is 12.6 Å². The summed E-state index contributed by atoms with van der Waals surface area (Å²) in [4.78, 5) is 13.4. The zero-order valence-corrected chi connectivity index (χ0v) is 56.9. The zero-order chi connectivity index (χ0) is 64.5. The first-order chi connectivity index (χ1) is 43.6. The van der Waals surface area contributed by atoms with Crippen LogP contribution in [-0.2, 0) is 23.7 Å². The average molecular weight is 1260 g/mol. The highest BCUT2D eigenvalue weighted by Gasteiger charge is 2.51. The molecule has 0 saturated carbocycles. The number of carbonyl (C=O) groups excluding carboxylic acids is 1. The van der Waals surface area contributed by atoms with E-state index >= 15 is 0 Å². The monoisotopic (exact) mass is 1260 g/mol. The molecule has 2 fully saturated rings. The van der Waals surface area contributed by atoms with Crippen LogP contribution in [0.4, 0.5) is 0 Å². The second-order valence-corrected chi connectivity index (χ2v) is 26.4. The normalized spacial score (nSPS) is 23.3. The van der Waals surface area contributed by atoms with Gasteiger partial charge in [-0.1, -0.05) is 306 Å². The van der Waals surface area contributed by atoms with Crippen LogP contribution in [0.5, 0.6) is 0 Å². The fourth-order valence-corrected chi connectivity index (χ4v) is 12.3. The number of aliphatic hydroxyl groups is 8. The molecule has 2 heterocycles. The van der Waals surface area contributed by atoms with Crippen LogP contribution in [0.2, 0.25) is 0 Å². The summed E-state index contributed by atoms with van der Waals surface area (Å²) in [6, 6.07) is -0.933. The Kier molecular flexibility index (Phi) is 55.7. The van der Waals surface area contributed by atoms with Crippen molar-refractivity contribution in [3.8, 4) is 0 Å². The number of aliphatic hydroxyl groups excluding tert-OH is 8. The molecule has 0 bridgehead atoms. The Morgan fingerprint density at radius 2 is 0.753 bits per heavy atom. The summed E-state index contributed by atoms with van der Waals surface area (Å²) < 4.78 is 22.9. The number of unbranched alkanes of at least 4 members (excludes halogenated alkanes) is 43. The van der Waals surface area contributed by atoms with Crippen LogP contribution < -0.4 is 5.32 Å². The summed E-state index contributed by atoms with van der Waals surface area (Å²) >= 11 is 0. The summed E-state index contributed by atoms with van der Waals surface area (Å²) in [6.07, 6.45) is 61.8. The highest BCUT2D eigenvalue weighted by atomic mass is 16.7. The lowest BCUT2D eigenvalue weighted by Gasteiger charge is -2.46. The molecule has 1 amide bonds. The van der Waals surface area contributed by atoms with Crippen LogP contribution in [0.15, 0.2) is 48.6 Å². The first-order valence-electron chi connectivity index (χ1n) is 37.4. The Morgan fingerprint density at radius 1 is 0.404 bits per heavy atom. The minimum atomic E-state index is -1.79. The predicted octanol–water partition coefficient (Wildman–Crippen LogP) is 15.9. The van der Waals surface area contributed by atoms with Crippen LogP contribution in [0, 0.1) is 0 Å². The lowest BCUT2D eigenvalue weighted by atomic mass is 9.97. The van der Waals surface area contributed by atoms with Gasteiger partial charge in [-0.3, -0.25) is 4.79 Å². The molecule has 89 heavy (non-hydrogen) atoms. The second kappa shape index (κ2) is 59.7. The number of carbonyl (C=O) groups is 1. The van der Waals surface area contributed by atoms with Crippen LogP contribution in [0.3, 0.4) is 0 Å². The van der Waals surface area contributed by atoms with E-state index in [9.17, 15) is 45.6 Å². The number of amides is 1. The largest absolute Gasteiger partial charge is 0.394 e. The molecule has 0 spiro atoms. The van der Waals surface area contributed by atoms with Gasteiger partial charge in [0, 0.05) is 6.42 Å². The van der Waals surface area contributed by atoms with Crippen molar-refractivity contribution in [2.24, 2.45) is 0 Å². The van der Waals surface area contributed by atoms with E-state index in [1.54, 1.807) is 6.08 Å². The molecule has 0 aromatic heterocycles. The molecule has 0 aromatic carbocycles. The number of allylic oxidation sites excluding steroid dienone is 7. The van der Waals surface area contributed by atoms with Crippen LogP contribution in [-0.4, -0.2) is 140 Å². The van der Waals surface area contributed by atoms with Gasteiger partial charge in [-0.05, 0) is 64.2 Å². The van der Waals surface area contributed by atoms with Crippen LogP contribution in [0.1, 0.15) is 328 Å². The Balaban J connectivity index is 1.67. The van der Waals surface area contributed by atoms with Crippen molar-refractivity contribution in [2.75, 3.05) is 19.8 Å². The van der Waals surface area contributed by atoms with Crippen molar-refractivity contribution in [2.45, 2.75) is 402 Å². The molecule has 0 radical (unpaired) electrons. The van der Waals surface area contributed by atoms with Gasteiger partial charge in [0.1, 0.15) is 48.8 Å². The smallest absolute Gasteiger partial charge is 0.220 e. The molecule has 2 saturated heterocycles. The van der Waals surface area contributed by atoms with Crippen molar-refractivity contribution in [3.05, 3.63) is 48.6 Å². The lowest BCUT2D eigenvalue weighted by molar-refractivity contribution is -0.359. The van der Waals surface area contributed by atoms with Crippen LogP contribution >= 0.6 is 0 Å². The third-order valence-corrected chi connectivity index (χ3v) is 18.2. The SMILES string of the molecule is CCCCCCC/C=C\C/C=C\CCCCCCCCCCCCCCCCCCCC(=O)NC(COC1OC(CO)C(OC2OC(CO)C(O)C(O)C2O)C(O)C1O)C(O)/C=C/CC/C=C/CCCCCCCCCCCCCCCCCCCCCC. The molecule has 0 aliphatic carbocycles. The average Bonchev–Trinajstić information content (AvgIpc) is 2.51. The fraction of sp³-hybridized carbons (Fsp3) is 0.880. The van der Waals surface area contributed by atoms with E-state index in [-0.39, 0.29) is 18.9 Å². The first-order valence-corrected chi connectivity index (χ1v) is 37.4.